The average Bonchev–Trinajstić information content (AvgIpc) is 2.87. The van der Waals surface area contributed by atoms with Crippen molar-refractivity contribution in [3.8, 4) is 0 Å². The summed E-state index contributed by atoms with van der Waals surface area (Å²) in [6.45, 7) is 8.22. The Kier molecular flexibility index (Phi) is 4.48. The number of halogens is 1. The lowest BCUT2D eigenvalue weighted by molar-refractivity contribution is -0.116. The van der Waals surface area contributed by atoms with Gasteiger partial charge in [0.15, 0.2) is 0 Å². The molecule has 0 spiro atoms. The standard InChI is InChI=1S/C15H19ClN2O/c1-3-15(19)17-9-12-6-7-18(10-12)14-8-13(16)5-4-11(14)2/h3-5,8,12H,1,6-7,9-10H2,2H3,(H,17,19). The molecule has 0 saturated carbocycles. The van der Waals surface area contributed by atoms with Crippen LogP contribution in [0.2, 0.25) is 5.02 Å². The van der Waals surface area contributed by atoms with E-state index in [9.17, 15) is 4.79 Å². The summed E-state index contributed by atoms with van der Waals surface area (Å²) in [5.41, 5.74) is 2.44. The average molecular weight is 279 g/mol. The van der Waals surface area contributed by atoms with Crippen molar-refractivity contribution in [1.29, 1.82) is 0 Å². The van der Waals surface area contributed by atoms with Gasteiger partial charge in [0.1, 0.15) is 0 Å². The summed E-state index contributed by atoms with van der Waals surface area (Å²) in [6, 6.07) is 5.98. The zero-order chi connectivity index (χ0) is 13.8. The summed E-state index contributed by atoms with van der Waals surface area (Å²) in [5, 5.41) is 3.63. The van der Waals surface area contributed by atoms with Gasteiger partial charge in [0.25, 0.3) is 0 Å². The molecule has 1 fully saturated rings. The second kappa shape index (κ2) is 6.11. The molecular weight excluding hydrogens is 260 g/mol. The van der Waals surface area contributed by atoms with Gasteiger partial charge in [-0.3, -0.25) is 4.79 Å². The summed E-state index contributed by atoms with van der Waals surface area (Å²) in [6.07, 6.45) is 2.40. The molecule has 19 heavy (non-hydrogen) atoms. The lowest BCUT2D eigenvalue weighted by Crippen LogP contribution is -2.29. The Balaban J connectivity index is 1.96. The number of hydrogen-bond acceptors (Lipinski definition) is 2. The molecule has 1 aliphatic heterocycles. The van der Waals surface area contributed by atoms with Gasteiger partial charge in [0.05, 0.1) is 0 Å². The molecule has 1 amide bonds. The zero-order valence-corrected chi connectivity index (χ0v) is 11.9. The van der Waals surface area contributed by atoms with Crippen molar-refractivity contribution in [1.82, 2.24) is 5.32 Å². The van der Waals surface area contributed by atoms with Gasteiger partial charge in [-0.25, -0.2) is 0 Å². The zero-order valence-electron chi connectivity index (χ0n) is 11.2. The number of rotatable bonds is 4. The number of nitrogens with zero attached hydrogens (tertiary/aromatic N) is 1. The van der Waals surface area contributed by atoms with E-state index >= 15 is 0 Å². The monoisotopic (exact) mass is 278 g/mol. The maximum atomic E-state index is 11.2. The van der Waals surface area contributed by atoms with Gasteiger partial charge in [-0.1, -0.05) is 24.2 Å². The van der Waals surface area contributed by atoms with Crippen LogP contribution in [-0.2, 0) is 4.79 Å². The number of anilines is 1. The number of aryl methyl sites for hydroxylation is 1. The smallest absolute Gasteiger partial charge is 0.243 e. The van der Waals surface area contributed by atoms with Gasteiger partial charge in [0.2, 0.25) is 5.91 Å². The van der Waals surface area contributed by atoms with Crippen molar-refractivity contribution >= 4 is 23.2 Å². The van der Waals surface area contributed by atoms with Crippen molar-refractivity contribution < 1.29 is 4.79 Å². The van der Waals surface area contributed by atoms with Crippen molar-refractivity contribution in [2.24, 2.45) is 5.92 Å². The molecule has 1 aromatic carbocycles. The highest BCUT2D eigenvalue weighted by Crippen LogP contribution is 2.29. The number of benzene rings is 1. The summed E-state index contributed by atoms with van der Waals surface area (Å²) in [7, 11) is 0. The van der Waals surface area contributed by atoms with Gasteiger partial charge >= 0.3 is 0 Å². The predicted octanol–water partition coefficient (Wildman–Crippen LogP) is 2.78. The van der Waals surface area contributed by atoms with Gasteiger partial charge in [-0.05, 0) is 43.0 Å². The van der Waals surface area contributed by atoms with Crippen LogP contribution in [0.5, 0.6) is 0 Å². The molecule has 1 aromatic rings. The van der Waals surface area contributed by atoms with Crippen LogP contribution in [0, 0.1) is 12.8 Å². The highest BCUT2D eigenvalue weighted by molar-refractivity contribution is 6.30. The molecule has 0 aromatic heterocycles. The minimum absolute atomic E-state index is 0.0996. The van der Waals surface area contributed by atoms with Crippen LogP contribution >= 0.6 is 11.6 Å². The molecule has 0 radical (unpaired) electrons. The van der Waals surface area contributed by atoms with Gasteiger partial charge in [0, 0.05) is 30.3 Å². The molecule has 1 N–H and O–H groups in total. The highest BCUT2D eigenvalue weighted by atomic mass is 35.5. The van der Waals surface area contributed by atoms with Crippen LogP contribution < -0.4 is 10.2 Å². The molecular formula is C15H19ClN2O. The third kappa shape index (κ3) is 3.51. The first-order chi connectivity index (χ1) is 9.10. The Morgan fingerprint density at radius 1 is 1.63 bits per heavy atom. The van der Waals surface area contributed by atoms with E-state index in [2.05, 4.69) is 23.7 Å². The fourth-order valence-electron chi connectivity index (χ4n) is 2.46. The van der Waals surface area contributed by atoms with E-state index in [1.54, 1.807) is 0 Å². The molecule has 3 nitrogen and oxygen atoms in total. The van der Waals surface area contributed by atoms with Crippen LogP contribution in [0.15, 0.2) is 30.9 Å². The van der Waals surface area contributed by atoms with Crippen LogP contribution in [0.4, 0.5) is 5.69 Å². The molecule has 0 aliphatic carbocycles. The predicted molar refractivity (Wildman–Crippen MR) is 79.7 cm³/mol. The number of carbonyl (C=O) groups excluding carboxylic acids is 1. The van der Waals surface area contributed by atoms with Gasteiger partial charge in [-0.15, -0.1) is 0 Å². The van der Waals surface area contributed by atoms with Crippen molar-refractivity contribution in [2.75, 3.05) is 24.5 Å². The first-order valence-corrected chi connectivity index (χ1v) is 6.89. The number of amides is 1. The second-order valence-corrected chi connectivity index (χ2v) is 5.42. The van der Waals surface area contributed by atoms with Crippen molar-refractivity contribution in [3.63, 3.8) is 0 Å². The van der Waals surface area contributed by atoms with Crippen LogP contribution in [0.1, 0.15) is 12.0 Å². The lowest BCUT2D eigenvalue weighted by atomic mass is 10.1. The van der Waals surface area contributed by atoms with E-state index in [-0.39, 0.29) is 5.91 Å². The molecule has 1 aliphatic rings. The molecule has 1 unspecified atom stereocenters. The molecule has 1 atom stereocenters. The van der Waals surface area contributed by atoms with Crippen LogP contribution in [0.3, 0.4) is 0 Å². The minimum atomic E-state index is -0.0996. The number of carbonyl (C=O) groups is 1. The molecule has 2 rings (SSSR count). The largest absolute Gasteiger partial charge is 0.371 e. The van der Waals surface area contributed by atoms with Crippen LogP contribution in [0.25, 0.3) is 0 Å². The Bertz CT molecular complexity index is 487. The first kappa shape index (κ1) is 13.9. The number of nitrogens with one attached hydrogen (secondary N) is 1. The van der Waals surface area contributed by atoms with Gasteiger partial charge in [-0.2, -0.15) is 0 Å². The summed E-state index contributed by atoms with van der Waals surface area (Å²) in [4.78, 5) is 13.5. The normalized spacial score (nSPS) is 18.4. The van der Waals surface area contributed by atoms with E-state index in [4.69, 9.17) is 11.6 Å². The van der Waals surface area contributed by atoms with Crippen LogP contribution in [-0.4, -0.2) is 25.5 Å². The number of hydrogen-bond donors (Lipinski definition) is 1. The SMILES string of the molecule is C=CC(=O)NCC1CCN(c2cc(Cl)ccc2C)C1. The molecule has 102 valence electrons. The fraction of sp³-hybridized carbons (Fsp3) is 0.400. The molecule has 1 heterocycles. The lowest BCUT2D eigenvalue weighted by Gasteiger charge is -2.21. The molecule has 1 saturated heterocycles. The summed E-state index contributed by atoms with van der Waals surface area (Å²) >= 11 is 6.06. The fourth-order valence-corrected chi connectivity index (χ4v) is 2.62. The summed E-state index contributed by atoms with van der Waals surface area (Å²) in [5.74, 6) is 0.389. The minimum Gasteiger partial charge on any atom is -0.371 e. The first-order valence-electron chi connectivity index (χ1n) is 6.51. The third-order valence-corrected chi connectivity index (χ3v) is 3.78. The maximum absolute atomic E-state index is 11.2. The highest BCUT2D eigenvalue weighted by Gasteiger charge is 2.23. The Hall–Kier alpha value is -1.48. The van der Waals surface area contributed by atoms with Crippen molar-refractivity contribution in [3.05, 3.63) is 41.4 Å². The van der Waals surface area contributed by atoms with Gasteiger partial charge < -0.3 is 10.2 Å². The Morgan fingerprint density at radius 3 is 3.16 bits per heavy atom. The van der Waals surface area contributed by atoms with E-state index in [0.29, 0.717) is 12.5 Å². The second-order valence-electron chi connectivity index (χ2n) is 4.98. The maximum Gasteiger partial charge on any atom is 0.243 e. The third-order valence-electron chi connectivity index (χ3n) is 3.55. The Morgan fingerprint density at radius 2 is 2.42 bits per heavy atom. The summed E-state index contributed by atoms with van der Waals surface area (Å²) < 4.78 is 0. The topological polar surface area (TPSA) is 32.3 Å². The van der Waals surface area contributed by atoms with E-state index in [0.717, 1.165) is 24.5 Å². The van der Waals surface area contributed by atoms with E-state index < -0.39 is 0 Å². The Labute approximate surface area is 119 Å². The quantitative estimate of drug-likeness (QED) is 0.859. The molecule has 4 heteroatoms. The van der Waals surface area contributed by atoms with E-state index in [1.165, 1.54) is 17.3 Å². The molecule has 0 bridgehead atoms. The van der Waals surface area contributed by atoms with E-state index in [1.807, 2.05) is 18.2 Å². The van der Waals surface area contributed by atoms with Crippen molar-refractivity contribution in [2.45, 2.75) is 13.3 Å².